The van der Waals surface area contributed by atoms with Crippen LogP contribution < -0.4 is 5.32 Å². The molecular weight excluding hydrogens is 364 g/mol. The Hall–Kier alpha value is -3.56. The Kier molecular flexibility index (Phi) is 3.94. The Bertz CT molecular complexity index is 1090. The van der Waals surface area contributed by atoms with E-state index in [0.717, 1.165) is 12.1 Å². The third-order valence-corrected chi connectivity index (χ3v) is 3.79. The van der Waals surface area contributed by atoms with Gasteiger partial charge in [0.25, 0.3) is 0 Å². The van der Waals surface area contributed by atoms with Crippen molar-refractivity contribution in [3.8, 4) is 11.4 Å². The lowest BCUT2D eigenvalue weighted by Gasteiger charge is -2.06. The summed E-state index contributed by atoms with van der Waals surface area (Å²) in [6.45, 7) is 0. The number of anilines is 2. The van der Waals surface area contributed by atoms with Crippen LogP contribution in [0.15, 0.2) is 48.8 Å². The van der Waals surface area contributed by atoms with E-state index < -0.39 is 17.6 Å². The van der Waals surface area contributed by atoms with Crippen molar-refractivity contribution in [2.75, 3.05) is 5.32 Å². The Morgan fingerprint density at radius 3 is 2.44 bits per heavy atom. The fraction of sp³-hybridized carbons (Fsp3) is 0.0588. The zero-order chi connectivity index (χ0) is 19.0. The lowest BCUT2D eigenvalue weighted by molar-refractivity contribution is -0.137. The maximum absolute atomic E-state index is 14.3. The van der Waals surface area contributed by atoms with Gasteiger partial charge in [-0.25, -0.2) is 14.4 Å². The van der Waals surface area contributed by atoms with Gasteiger partial charge < -0.3 is 10.3 Å². The van der Waals surface area contributed by atoms with E-state index in [1.54, 1.807) is 0 Å². The first-order chi connectivity index (χ1) is 12.9. The van der Waals surface area contributed by atoms with Crippen LogP contribution in [0.1, 0.15) is 5.56 Å². The van der Waals surface area contributed by atoms with Crippen LogP contribution in [0.2, 0.25) is 0 Å². The zero-order valence-electron chi connectivity index (χ0n) is 13.4. The van der Waals surface area contributed by atoms with E-state index in [4.69, 9.17) is 0 Å². The number of H-pyrrole nitrogens is 1. The maximum atomic E-state index is 14.3. The lowest BCUT2D eigenvalue weighted by atomic mass is 10.1. The minimum absolute atomic E-state index is 0.0981. The number of rotatable bonds is 3. The van der Waals surface area contributed by atoms with Crippen molar-refractivity contribution in [3.63, 3.8) is 0 Å². The number of hydrogen-bond donors (Lipinski definition) is 2. The van der Waals surface area contributed by atoms with Crippen molar-refractivity contribution in [1.29, 1.82) is 0 Å². The molecule has 4 rings (SSSR count). The number of benzene rings is 2. The standard InChI is InChI=1S/C17H10F4N6/c18-11-7-13-14(8-12(11)26-16-22-5-6-23-27-16)25-15(24-13)9-1-3-10(4-2-9)17(19,20)21/h1-8H,(H,24,25)(H,22,26,27). The molecule has 0 spiro atoms. The quantitative estimate of drug-likeness (QED) is 0.522. The largest absolute Gasteiger partial charge is 0.416 e. The fourth-order valence-corrected chi connectivity index (χ4v) is 2.51. The van der Waals surface area contributed by atoms with Gasteiger partial charge in [-0.05, 0) is 18.2 Å². The average molecular weight is 374 g/mol. The number of fused-ring (bicyclic) bond motifs is 1. The molecule has 136 valence electrons. The highest BCUT2D eigenvalue weighted by Gasteiger charge is 2.30. The Labute approximate surface area is 149 Å². The molecule has 0 aliphatic heterocycles. The van der Waals surface area contributed by atoms with Crippen LogP contribution in [0.5, 0.6) is 0 Å². The summed E-state index contributed by atoms with van der Waals surface area (Å²) in [5.41, 5.74) is 0.625. The normalized spacial score (nSPS) is 11.7. The van der Waals surface area contributed by atoms with Crippen LogP contribution in [0.25, 0.3) is 22.4 Å². The second-order valence-electron chi connectivity index (χ2n) is 5.60. The molecule has 4 aromatic rings. The van der Waals surface area contributed by atoms with Crippen LogP contribution in [-0.2, 0) is 6.18 Å². The molecule has 0 radical (unpaired) electrons. The molecule has 0 bridgehead atoms. The van der Waals surface area contributed by atoms with E-state index in [0.29, 0.717) is 22.4 Å². The third kappa shape index (κ3) is 3.41. The van der Waals surface area contributed by atoms with Gasteiger partial charge in [-0.1, -0.05) is 12.1 Å². The van der Waals surface area contributed by atoms with Crippen molar-refractivity contribution in [2.45, 2.75) is 6.18 Å². The summed E-state index contributed by atoms with van der Waals surface area (Å²) in [6, 6.07) is 7.23. The van der Waals surface area contributed by atoms with Gasteiger partial charge in [0.05, 0.1) is 34.7 Å². The topological polar surface area (TPSA) is 79.4 Å². The van der Waals surface area contributed by atoms with Crippen LogP contribution in [0.4, 0.5) is 29.2 Å². The summed E-state index contributed by atoms with van der Waals surface area (Å²) in [7, 11) is 0. The Morgan fingerprint density at radius 1 is 1.00 bits per heavy atom. The molecule has 2 aromatic carbocycles. The average Bonchev–Trinajstić information content (AvgIpc) is 3.05. The maximum Gasteiger partial charge on any atom is 0.416 e. The number of imidazole rings is 1. The summed E-state index contributed by atoms with van der Waals surface area (Å²) >= 11 is 0. The monoisotopic (exact) mass is 374 g/mol. The minimum Gasteiger partial charge on any atom is -0.338 e. The molecular formula is C17H10F4N6. The number of nitrogens with one attached hydrogen (secondary N) is 2. The summed E-state index contributed by atoms with van der Waals surface area (Å²) in [5, 5.41) is 10.1. The molecule has 0 saturated heterocycles. The first-order valence-electron chi connectivity index (χ1n) is 7.68. The van der Waals surface area contributed by atoms with E-state index in [1.807, 2.05) is 0 Å². The molecule has 0 aliphatic rings. The summed E-state index contributed by atoms with van der Waals surface area (Å²) in [6.07, 6.45) is -1.62. The number of aromatic nitrogens is 5. The molecule has 0 unspecified atom stereocenters. The van der Waals surface area contributed by atoms with E-state index in [2.05, 4.69) is 30.5 Å². The van der Waals surface area contributed by atoms with Gasteiger partial charge in [0.15, 0.2) is 0 Å². The van der Waals surface area contributed by atoms with Crippen molar-refractivity contribution >= 4 is 22.7 Å². The molecule has 27 heavy (non-hydrogen) atoms. The highest BCUT2D eigenvalue weighted by Crippen LogP contribution is 2.31. The van der Waals surface area contributed by atoms with Crippen LogP contribution in [-0.4, -0.2) is 25.1 Å². The molecule has 0 aliphatic carbocycles. The number of alkyl halides is 3. The van der Waals surface area contributed by atoms with E-state index in [1.165, 1.54) is 36.7 Å². The highest BCUT2D eigenvalue weighted by atomic mass is 19.4. The van der Waals surface area contributed by atoms with Crippen molar-refractivity contribution in [2.24, 2.45) is 0 Å². The van der Waals surface area contributed by atoms with Gasteiger partial charge >= 0.3 is 6.18 Å². The van der Waals surface area contributed by atoms with Crippen molar-refractivity contribution < 1.29 is 17.6 Å². The fourth-order valence-electron chi connectivity index (χ4n) is 2.51. The number of nitrogens with zero attached hydrogens (tertiary/aromatic N) is 4. The molecule has 0 fully saturated rings. The van der Waals surface area contributed by atoms with Gasteiger partial charge in [-0.3, -0.25) is 0 Å². The number of halogens is 4. The lowest BCUT2D eigenvalue weighted by Crippen LogP contribution is -2.04. The number of aromatic amines is 1. The molecule has 2 N–H and O–H groups in total. The van der Waals surface area contributed by atoms with E-state index >= 15 is 0 Å². The minimum atomic E-state index is -4.41. The van der Waals surface area contributed by atoms with Gasteiger partial charge in [0.1, 0.15) is 11.6 Å². The van der Waals surface area contributed by atoms with Gasteiger partial charge in [0.2, 0.25) is 5.95 Å². The SMILES string of the molecule is Fc1cc2[nH]c(-c3ccc(C(F)(F)F)cc3)nc2cc1Nc1nccnn1. The second kappa shape index (κ2) is 6.31. The molecule has 0 amide bonds. The summed E-state index contributed by atoms with van der Waals surface area (Å²) in [4.78, 5) is 11.1. The molecule has 2 aromatic heterocycles. The molecule has 0 atom stereocenters. The van der Waals surface area contributed by atoms with Crippen LogP contribution >= 0.6 is 0 Å². The van der Waals surface area contributed by atoms with Crippen LogP contribution in [0, 0.1) is 5.82 Å². The first-order valence-corrected chi connectivity index (χ1v) is 7.68. The second-order valence-corrected chi connectivity index (χ2v) is 5.60. The molecule has 10 heteroatoms. The Balaban J connectivity index is 1.68. The summed E-state index contributed by atoms with van der Waals surface area (Å²) < 4.78 is 52.3. The van der Waals surface area contributed by atoms with Gasteiger partial charge in [-0.15, -0.1) is 5.10 Å². The zero-order valence-corrected chi connectivity index (χ0v) is 13.4. The Morgan fingerprint density at radius 2 is 1.78 bits per heavy atom. The van der Waals surface area contributed by atoms with E-state index in [9.17, 15) is 17.6 Å². The molecule has 2 heterocycles. The number of hydrogen-bond acceptors (Lipinski definition) is 5. The first kappa shape index (κ1) is 16.9. The summed E-state index contributed by atoms with van der Waals surface area (Å²) in [5.74, 6) is -0.125. The van der Waals surface area contributed by atoms with Crippen LogP contribution in [0.3, 0.4) is 0 Å². The highest BCUT2D eigenvalue weighted by molar-refractivity contribution is 5.83. The molecule has 0 saturated carbocycles. The predicted molar refractivity (Wildman–Crippen MR) is 89.6 cm³/mol. The van der Waals surface area contributed by atoms with Crippen molar-refractivity contribution in [1.82, 2.24) is 25.1 Å². The predicted octanol–water partition coefficient (Wildman–Crippen LogP) is 4.32. The van der Waals surface area contributed by atoms with Crippen molar-refractivity contribution in [3.05, 3.63) is 60.2 Å². The van der Waals surface area contributed by atoms with Gasteiger partial charge in [0, 0.05) is 11.6 Å². The van der Waals surface area contributed by atoms with Gasteiger partial charge in [-0.2, -0.15) is 18.3 Å². The van der Waals surface area contributed by atoms with E-state index in [-0.39, 0.29) is 11.6 Å². The smallest absolute Gasteiger partial charge is 0.338 e. The molecule has 6 nitrogen and oxygen atoms in total. The third-order valence-electron chi connectivity index (χ3n) is 3.79.